The van der Waals surface area contributed by atoms with Gasteiger partial charge >= 0.3 is 0 Å². The van der Waals surface area contributed by atoms with Crippen molar-refractivity contribution in [3.05, 3.63) is 83.1 Å². The van der Waals surface area contributed by atoms with Gasteiger partial charge in [-0.25, -0.2) is 12.4 Å². The standard InChI is InChI=1S/C22H24ClN3O2S/c1-18-4-10-22(11-5-18)29(27,28)26-12-2-3-21(26)17-24-13-15-25(16-14-24)20-8-6-19(23)7-9-20/h2-12H,13-17H2,1H3. The number of hydrogen-bond donors (Lipinski definition) is 0. The highest BCUT2D eigenvalue weighted by atomic mass is 35.5. The zero-order chi connectivity index (χ0) is 20.4. The second-order valence-corrected chi connectivity index (χ2v) is 9.60. The smallest absolute Gasteiger partial charge is 0.267 e. The van der Waals surface area contributed by atoms with Gasteiger partial charge in [0.15, 0.2) is 0 Å². The van der Waals surface area contributed by atoms with Gasteiger partial charge in [-0.1, -0.05) is 29.3 Å². The van der Waals surface area contributed by atoms with Crippen molar-refractivity contribution in [3.8, 4) is 0 Å². The van der Waals surface area contributed by atoms with Gasteiger partial charge in [0.1, 0.15) is 0 Å². The number of hydrogen-bond acceptors (Lipinski definition) is 4. The van der Waals surface area contributed by atoms with Crippen LogP contribution in [0.2, 0.25) is 5.02 Å². The lowest BCUT2D eigenvalue weighted by Gasteiger charge is -2.36. The number of rotatable bonds is 5. The quantitative estimate of drug-likeness (QED) is 0.614. The van der Waals surface area contributed by atoms with Crippen LogP contribution in [-0.4, -0.2) is 43.5 Å². The molecule has 0 unspecified atom stereocenters. The predicted molar refractivity (Wildman–Crippen MR) is 117 cm³/mol. The average Bonchev–Trinajstić information content (AvgIpc) is 3.19. The number of nitrogens with zero attached hydrogens (tertiary/aromatic N) is 3. The van der Waals surface area contributed by atoms with E-state index in [1.165, 1.54) is 9.66 Å². The lowest BCUT2D eigenvalue weighted by atomic mass is 10.2. The summed E-state index contributed by atoms with van der Waals surface area (Å²) < 4.78 is 27.5. The van der Waals surface area contributed by atoms with Crippen LogP contribution in [0.4, 0.5) is 5.69 Å². The van der Waals surface area contributed by atoms with Crippen molar-refractivity contribution in [2.24, 2.45) is 0 Å². The fraction of sp³-hybridized carbons (Fsp3) is 0.273. The van der Waals surface area contributed by atoms with Crippen LogP contribution in [0, 0.1) is 6.92 Å². The number of halogens is 1. The van der Waals surface area contributed by atoms with Crippen molar-refractivity contribution in [1.29, 1.82) is 0 Å². The van der Waals surface area contributed by atoms with E-state index in [2.05, 4.69) is 9.80 Å². The Balaban J connectivity index is 1.45. The Kier molecular flexibility index (Phi) is 5.67. The molecular formula is C22H24ClN3O2S. The van der Waals surface area contributed by atoms with Gasteiger partial charge in [-0.2, -0.15) is 0 Å². The van der Waals surface area contributed by atoms with E-state index in [4.69, 9.17) is 11.6 Å². The Morgan fingerprint density at radius 3 is 2.21 bits per heavy atom. The summed E-state index contributed by atoms with van der Waals surface area (Å²) in [6.45, 7) is 6.09. The molecule has 1 saturated heterocycles. The van der Waals surface area contributed by atoms with Gasteiger partial charge in [-0.05, 0) is 55.5 Å². The zero-order valence-electron chi connectivity index (χ0n) is 16.3. The first-order valence-electron chi connectivity index (χ1n) is 9.65. The molecule has 0 saturated carbocycles. The second kappa shape index (κ2) is 8.22. The summed E-state index contributed by atoms with van der Waals surface area (Å²) >= 11 is 5.98. The molecule has 4 rings (SSSR count). The highest BCUT2D eigenvalue weighted by Gasteiger charge is 2.22. The van der Waals surface area contributed by atoms with E-state index in [9.17, 15) is 8.42 Å². The summed E-state index contributed by atoms with van der Waals surface area (Å²) in [5, 5.41) is 0.739. The van der Waals surface area contributed by atoms with Crippen LogP contribution in [0.15, 0.2) is 71.8 Å². The largest absolute Gasteiger partial charge is 0.369 e. The van der Waals surface area contributed by atoms with Gasteiger partial charge in [0.25, 0.3) is 10.0 Å². The van der Waals surface area contributed by atoms with Gasteiger partial charge in [0.05, 0.1) is 4.90 Å². The monoisotopic (exact) mass is 429 g/mol. The Bertz CT molecular complexity index is 1070. The molecule has 2 heterocycles. The molecule has 0 atom stereocenters. The molecule has 0 aliphatic carbocycles. The molecule has 3 aromatic rings. The van der Waals surface area contributed by atoms with Crippen molar-refractivity contribution >= 4 is 27.3 Å². The Hall–Kier alpha value is -2.28. The zero-order valence-corrected chi connectivity index (χ0v) is 17.9. The molecular weight excluding hydrogens is 406 g/mol. The first-order chi connectivity index (χ1) is 13.9. The van der Waals surface area contributed by atoms with E-state index in [1.54, 1.807) is 24.4 Å². The van der Waals surface area contributed by atoms with Gasteiger partial charge in [-0.3, -0.25) is 4.90 Å². The number of piperazine rings is 1. The van der Waals surface area contributed by atoms with Crippen molar-refractivity contribution in [1.82, 2.24) is 8.87 Å². The summed E-state index contributed by atoms with van der Waals surface area (Å²) in [5.74, 6) is 0. The highest BCUT2D eigenvalue weighted by molar-refractivity contribution is 7.90. The molecule has 29 heavy (non-hydrogen) atoms. The summed E-state index contributed by atoms with van der Waals surface area (Å²) in [6.07, 6.45) is 1.63. The van der Waals surface area contributed by atoms with Gasteiger partial charge in [0, 0.05) is 55.3 Å². The number of aromatic nitrogens is 1. The molecule has 1 fully saturated rings. The molecule has 0 spiro atoms. The normalized spacial score (nSPS) is 15.6. The minimum absolute atomic E-state index is 0.313. The summed E-state index contributed by atoms with van der Waals surface area (Å²) in [5.41, 5.74) is 2.99. The SMILES string of the molecule is Cc1ccc(S(=O)(=O)n2cccc2CN2CCN(c3ccc(Cl)cc3)CC2)cc1. The van der Waals surface area contributed by atoms with E-state index < -0.39 is 10.0 Å². The van der Waals surface area contributed by atoms with E-state index in [1.807, 2.05) is 49.4 Å². The number of anilines is 1. The molecule has 2 aromatic carbocycles. The van der Waals surface area contributed by atoms with E-state index in [-0.39, 0.29) is 0 Å². The fourth-order valence-corrected chi connectivity index (χ4v) is 5.12. The lowest BCUT2D eigenvalue weighted by Crippen LogP contribution is -2.46. The first-order valence-corrected chi connectivity index (χ1v) is 11.5. The second-order valence-electron chi connectivity index (χ2n) is 7.35. The van der Waals surface area contributed by atoms with Crippen molar-refractivity contribution in [3.63, 3.8) is 0 Å². The predicted octanol–water partition coefficient (Wildman–Crippen LogP) is 4.01. The molecule has 0 radical (unpaired) electrons. The fourth-order valence-electron chi connectivity index (χ4n) is 3.63. The van der Waals surface area contributed by atoms with Crippen LogP contribution in [0.25, 0.3) is 0 Å². The van der Waals surface area contributed by atoms with Gasteiger partial charge in [-0.15, -0.1) is 0 Å². The third kappa shape index (κ3) is 4.34. The average molecular weight is 430 g/mol. The van der Waals surface area contributed by atoms with E-state index in [0.29, 0.717) is 11.4 Å². The van der Waals surface area contributed by atoms with E-state index in [0.717, 1.165) is 42.5 Å². The van der Waals surface area contributed by atoms with Gasteiger partial charge in [0.2, 0.25) is 0 Å². The molecule has 152 valence electrons. The number of benzene rings is 2. The minimum atomic E-state index is -3.58. The molecule has 5 nitrogen and oxygen atoms in total. The molecule has 0 amide bonds. The third-order valence-corrected chi connectivity index (χ3v) is 7.31. The summed E-state index contributed by atoms with van der Waals surface area (Å²) in [4.78, 5) is 4.94. The molecule has 1 aliphatic heterocycles. The van der Waals surface area contributed by atoms with Crippen LogP contribution >= 0.6 is 11.6 Å². The molecule has 0 N–H and O–H groups in total. The first kappa shape index (κ1) is 20.0. The van der Waals surface area contributed by atoms with Crippen molar-refractivity contribution < 1.29 is 8.42 Å². The van der Waals surface area contributed by atoms with E-state index >= 15 is 0 Å². The maximum absolute atomic E-state index is 13.1. The van der Waals surface area contributed by atoms with Crippen LogP contribution in [0.5, 0.6) is 0 Å². The van der Waals surface area contributed by atoms with Crippen LogP contribution in [0.1, 0.15) is 11.3 Å². The van der Waals surface area contributed by atoms with Crippen LogP contribution < -0.4 is 4.90 Å². The van der Waals surface area contributed by atoms with Crippen molar-refractivity contribution in [2.75, 3.05) is 31.1 Å². The highest BCUT2D eigenvalue weighted by Crippen LogP contribution is 2.22. The maximum Gasteiger partial charge on any atom is 0.267 e. The summed E-state index contributed by atoms with van der Waals surface area (Å²) in [7, 11) is -3.58. The van der Waals surface area contributed by atoms with Crippen LogP contribution in [0.3, 0.4) is 0 Å². The Labute approximate surface area is 177 Å². The van der Waals surface area contributed by atoms with Gasteiger partial charge < -0.3 is 4.90 Å². The maximum atomic E-state index is 13.1. The third-order valence-electron chi connectivity index (χ3n) is 5.32. The molecule has 0 bridgehead atoms. The number of aryl methyl sites for hydroxylation is 1. The lowest BCUT2D eigenvalue weighted by molar-refractivity contribution is 0.246. The summed E-state index contributed by atoms with van der Waals surface area (Å²) in [6, 6.07) is 18.6. The Morgan fingerprint density at radius 2 is 1.55 bits per heavy atom. The molecule has 1 aliphatic rings. The topological polar surface area (TPSA) is 45.6 Å². The van der Waals surface area contributed by atoms with Crippen LogP contribution in [-0.2, 0) is 16.6 Å². The Morgan fingerprint density at radius 1 is 0.897 bits per heavy atom. The molecule has 1 aromatic heterocycles. The minimum Gasteiger partial charge on any atom is -0.369 e. The molecule has 7 heteroatoms. The van der Waals surface area contributed by atoms with Crippen molar-refractivity contribution in [2.45, 2.75) is 18.4 Å².